The van der Waals surface area contributed by atoms with Crippen LogP contribution in [0.2, 0.25) is 0 Å². The van der Waals surface area contributed by atoms with Crippen LogP contribution in [0.5, 0.6) is 0 Å². The number of halogens is 2. The SMILES string of the molecule is O=C(Nc1nc(CSCc2ccc(F)cc2)cs1)c1ccc(Br)cc1. The number of amides is 1. The molecule has 0 saturated heterocycles. The summed E-state index contributed by atoms with van der Waals surface area (Å²) < 4.78 is 13.8. The van der Waals surface area contributed by atoms with E-state index in [9.17, 15) is 9.18 Å². The monoisotopic (exact) mass is 436 g/mol. The molecule has 7 heteroatoms. The first-order valence-corrected chi connectivity index (χ1v) is 10.3. The number of nitrogens with one attached hydrogen (secondary N) is 1. The fourth-order valence-corrected chi connectivity index (χ4v) is 4.02. The second-order valence-corrected chi connectivity index (χ2v) is 7.98. The third-order valence-corrected chi connectivity index (χ3v) is 5.68. The van der Waals surface area contributed by atoms with Gasteiger partial charge in [0.05, 0.1) is 5.69 Å². The molecule has 3 rings (SSSR count). The molecule has 3 aromatic rings. The predicted octanol–water partition coefficient (Wildman–Crippen LogP) is 5.73. The van der Waals surface area contributed by atoms with Crippen LogP contribution < -0.4 is 5.32 Å². The highest BCUT2D eigenvalue weighted by molar-refractivity contribution is 9.10. The minimum Gasteiger partial charge on any atom is -0.298 e. The highest BCUT2D eigenvalue weighted by atomic mass is 79.9. The van der Waals surface area contributed by atoms with Crippen molar-refractivity contribution in [3.63, 3.8) is 0 Å². The Balaban J connectivity index is 1.51. The quantitative estimate of drug-likeness (QED) is 0.536. The Morgan fingerprint density at radius 2 is 1.84 bits per heavy atom. The van der Waals surface area contributed by atoms with Crippen LogP contribution in [0.25, 0.3) is 0 Å². The molecule has 0 unspecified atom stereocenters. The van der Waals surface area contributed by atoms with Crippen LogP contribution in [0, 0.1) is 5.82 Å². The van der Waals surface area contributed by atoms with Crippen LogP contribution in [0.4, 0.5) is 9.52 Å². The van der Waals surface area contributed by atoms with Crippen molar-refractivity contribution in [2.24, 2.45) is 0 Å². The Morgan fingerprint density at radius 3 is 2.56 bits per heavy atom. The van der Waals surface area contributed by atoms with Gasteiger partial charge in [0.15, 0.2) is 5.13 Å². The maximum Gasteiger partial charge on any atom is 0.257 e. The van der Waals surface area contributed by atoms with Crippen molar-refractivity contribution >= 4 is 50.1 Å². The summed E-state index contributed by atoms with van der Waals surface area (Å²) in [6.45, 7) is 0. The molecule has 128 valence electrons. The minimum atomic E-state index is -0.223. The zero-order valence-electron chi connectivity index (χ0n) is 13.0. The van der Waals surface area contributed by atoms with Crippen molar-refractivity contribution in [1.82, 2.24) is 4.98 Å². The lowest BCUT2D eigenvalue weighted by Gasteiger charge is -2.02. The first-order valence-electron chi connectivity index (χ1n) is 7.43. The molecule has 25 heavy (non-hydrogen) atoms. The summed E-state index contributed by atoms with van der Waals surface area (Å²) in [5.74, 6) is 1.13. The fourth-order valence-electron chi connectivity index (χ4n) is 2.06. The standard InChI is InChI=1S/C18H14BrFN2OS2/c19-14-5-3-13(4-6-14)17(23)22-18-21-16(11-25-18)10-24-9-12-1-7-15(20)8-2-12/h1-8,11H,9-10H2,(H,21,22,23). The van der Waals surface area contributed by atoms with Gasteiger partial charge in [-0.2, -0.15) is 11.8 Å². The number of thiazole rings is 1. The predicted molar refractivity (Wildman–Crippen MR) is 106 cm³/mol. The van der Waals surface area contributed by atoms with E-state index in [1.54, 1.807) is 36.0 Å². The Bertz CT molecular complexity index is 850. The largest absolute Gasteiger partial charge is 0.298 e. The summed E-state index contributed by atoms with van der Waals surface area (Å²) in [7, 11) is 0. The number of nitrogens with zero attached hydrogens (tertiary/aromatic N) is 1. The molecule has 0 saturated carbocycles. The van der Waals surface area contributed by atoms with Crippen molar-refractivity contribution < 1.29 is 9.18 Å². The topological polar surface area (TPSA) is 42.0 Å². The average Bonchev–Trinajstić information content (AvgIpc) is 3.04. The normalized spacial score (nSPS) is 10.6. The van der Waals surface area contributed by atoms with Crippen molar-refractivity contribution in [2.75, 3.05) is 5.32 Å². The number of aromatic nitrogens is 1. The van der Waals surface area contributed by atoms with E-state index in [4.69, 9.17) is 0 Å². The summed E-state index contributed by atoms with van der Waals surface area (Å²) in [5, 5.41) is 5.34. The van der Waals surface area contributed by atoms with E-state index in [2.05, 4.69) is 26.2 Å². The summed E-state index contributed by atoms with van der Waals surface area (Å²) in [4.78, 5) is 16.6. The minimum absolute atomic E-state index is 0.174. The highest BCUT2D eigenvalue weighted by Gasteiger charge is 2.09. The third kappa shape index (κ3) is 5.39. The van der Waals surface area contributed by atoms with Gasteiger partial charge in [0.1, 0.15) is 5.82 Å². The van der Waals surface area contributed by atoms with Gasteiger partial charge in [-0.1, -0.05) is 28.1 Å². The van der Waals surface area contributed by atoms with Gasteiger partial charge in [-0.15, -0.1) is 11.3 Å². The lowest BCUT2D eigenvalue weighted by molar-refractivity contribution is 0.102. The third-order valence-electron chi connectivity index (χ3n) is 3.31. The van der Waals surface area contributed by atoms with Crippen molar-refractivity contribution in [3.8, 4) is 0 Å². The van der Waals surface area contributed by atoms with Crippen LogP contribution >= 0.6 is 39.0 Å². The first-order chi connectivity index (χ1) is 12.1. The van der Waals surface area contributed by atoms with E-state index < -0.39 is 0 Å². The molecular weight excluding hydrogens is 423 g/mol. The van der Waals surface area contributed by atoms with Gasteiger partial charge in [0.2, 0.25) is 0 Å². The molecule has 1 N–H and O–H groups in total. The van der Waals surface area contributed by atoms with Crippen molar-refractivity contribution in [2.45, 2.75) is 11.5 Å². The molecule has 1 amide bonds. The summed E-state index contributed by atoms with van der Waals surface area (Å²) in [5.41, 5.74) is 2.58. The van der Waals surface area contributed by atoms with Crippen LogP contribution in [-0.4, -0.2) is 10.9 Å². The molecule has 0 spiro atoms. The van der Waals surface area contributed by atoms with E-state index in [0.29, 0.717) is 10.7 Å². The molecule has 1 heterocycles. The first kappa shape index (κ1) is 18.1. The number of hydrogen-bond donors (Lipinski definition) is 1. The number of benzene rings is 2. The molecular formula is C18H14BrFN2OS2. The Labute approximate surface area is 161 Å². The maximum atomic E-state index is 12.9. The number of thioether (sulfide) groups is 1. The lowest BCUT2D eigenvalue weighted by Crippen LogP contribution is -2.11. The zero-order chi connectivity index (χ0) is 17.6. The van der Waals surface area contributed by atoms with Gasteiger partial charge < -0.3 is 0 Å². The molecule has 3 nitrogen and oxygen atoms in total. The molecule has 0 bridgehead atoms. The highest BCUT2D eigenvalue weighted by Crippen LogP contribution is 2.22. The Morgan fingerprint density at radius 1 is 1.12 bits per heavy atom. The zero-order valence-corrected chi connectivity index (χ0v) is 16.3. The van der Waals surface area contributed by atoms with E-state index in [1.165, 1.54) is 23.5 Å². The molecule has 0 radical (unpaired) electrons. The van der Waals surface area contributed by atoms with Gasteiger partial charge in [-0.3, -0.25) is 10.1 Å². The second kappa shape index (κ2) is 8.60. The molecule has 0 aliphatic carbocycles. The number of rotatable bonds is 6. The van der Waals surface area contributed by atoms with Gasteiger partial charge in [-0.05, 0) is 42.0 Å². The van der Waals surface area contributed by atoms with Crippen LogP contribution in [0.3, 0.4) is 0 Å². The van der Waals surface area contributed by atoms with Crippen LogP contribution in [0.15, 0.2) is 58.4 Å². The maximum absolute atomic E-state index is 12.9. The van der Waals surface area contributed by atoms with Crippen molar-refractivity contribution in [1.29, 1.82) is 0 Å². The van der Waals surface area contributed by atoms with E-state index in [1.807, 2.05) is 17.5 Å². The summed E-state index contributed by atoms with van der Waals surface area (Å²) in [6, 6.07) is 13.7. The van der Waals surface area contributed by atoms with E-state index in [0.717, 1.165) is 27.2 Å². The molecule has 2 aromatic carbocycles. The second-order valence-electron chi connectivity index (χ2n) is 5.22. The number of anilines is 1. The lowest BCUT2D eigenvalue weighted by atomic mass is 10.2. The summed E-state index contributed by atoms with van der Waals surface area (Å²) in [6.07, 6.45) is 0. The molecule has 0 fully saturated rings. The summed E-state index contributed by atoms with van der Waals surface area (Å²) >= 11 is 6.45. The molecule has 1 aromatic heterocycles. The smallest absolute Gasteiger partial charge is 0.257 e. The van der Waals surface area contributed by atoms with Gasteiger partial charge in [0.25, 0.3) is 5.91 Å². The molecule has 0 atom stereocenters. The molecule has 0 aliphatic rings. The van der Waals surface area contributed by atoms with Crippen LogP contribution in [0.1, 0.15) is 21.6 Å². The number of carbonyl (C=O) groups is 1. The number of hydrogen-bond acceptors (Lipinski definition) is 4. The number of carbonyl (C=O) groups excluding carboxylic acids is 1. The Hall–Kier alpha value is -1.70. The van der Waals surface area contributed by atoms with Gasteiger partial charge in [-0.25, -0.2) is 9.37 Å². The van der Waals surface area contributed by atoms with Crippen molar-refractivity contribution in [3.05, 3.63) is 81.0 Å². The van der Waals surface area contributed by atoms with Gasteiger partial charge in [0, 0.05) is 26.9 Å². The van der Waals surface area contributed by atoms with E-state index in [-0.39, 0.29) is 11.7 Å². The van der Waals surface area contributed by atoms with Crippen LogP contribution in [-0.2, 0) is 11.5 Å². The van der Waals surface area contributed by atoms with Gasteiger partial charge >= 0.3 is 0 Å². The van der Waals surface area contributed by atoms with E-state index >= 15 is 0 Å². The molecule has 0 aliphatic heterocycles. The fraction of sp³-hybridized carbons (Fsp3) is 0.111. The average molecular weight is 437 g/mol. The Kier molecular flexibility index (Phi) is 6.23.